The molecule has 0 radical (unpaired) electrons. The quantitative estimate of drug-likeness (QED) is 0.515. The van der Waals surface area contributed by atoms with Gasteiger partial charge in [0.05, 0.1) is 5.75 Å². The molecule has 0 unspecified atom stereocenters. The first-order valence-corrected chi connectivity index (χ1v) is 10.2. The van der Waals surface area contributed by atoms with Crippen LogP contribution in [0.15, 0.2) is 59.8 Å². The number of hydrogen-bond acceptors (Lipinski definition) is 4. The fourth-order valence-electron chi connectivity index (χ4n) is 2.95. The molecule has 5 nitrogen and oxygen atoms in total. The zero-order chi connectivity index (χ0) is 21.7. The van der Waals surface area contributed by atoms with E-state index in [1.807, 2.05) is 31.2 Å². The number of aryl methyl sites for hydroxylation is 1. The second-order valence-corrected chi connectivity index (χ2v) is 7.82. The molecule has 30 heavy (non-hydrogen) atoms. The smallest absolute Gasteiger partial charge is 0.329 e. The highest BCUT2D eigenvalue weighted by atomic mass is 32.2. The van der Waals surface area contributed by atoms with Gasteiger partial charge in [-0.1, -0.05) is 65.9 Å². The van der Waals surface area contributed by atoms with Gasteiger partial charge >= 0.3 is 6.18 Å². The fourth-order valence-corrected chi connectivity index (χ4v) is 3.76. The van der Waals surface area contributed by atoms with Gasteiger partial charge in [0.1, 0.15) is 6.54 Å². The van der Waals surface area contributed by atoms with Gasteiger partial charge in [-0.25, -0.2) is 0 Å². The molecule has 0 aliphatic rings. The third kappa shape index (κ3) is 5.85. The van der Waals surface area contributed by atoms with E-state index in [-0.39, 0.29) is 12.3 Å². The maximum absolute atomic E-state index is 13.0. The molecule has 0 fully saturated rings. The summed E-state index contributed by atoms with van der Waals surface area (Å²) >= 11 is 1.07. The lowest BCUT2D eigenvalue weighted by Gasteiger charge is -2.24. The molecule has 9 heteroatoms. The largest absolute Gasteiger partial charge is 0.406 e. The van der Waals surface area contributed by atoms with Crippen LogP contribution in [0.2, 0.25) is 0 Å². The van der Waals surface area contributed by atoms with Gasteiger partial charge in [0.25, 0.3) is 0 Å². The molecule has 0 saturated carbocycles. The van der Waals surface area contributed by atoms with Crippen molar-refractivity contribution < 1.29 is 18.0 Å². The van der Waals surface area contributed by atoms with Crippen molar-refractivity contribution in [2.75, 3.05) is 12.3 Å². The normalized spacial score (nSPS) is 11.5. The van der Waals surface area contributed by atoms with E-state index in [1.54, 1.807) is 41.9 Å². The zero-order valence-electron chi connectivity index (χ0n) is 16.6. The summed E-state index contributed by atoms with van der Waals surface area (Å²) < 4.78 is 40.7. The highest BCUT2D eigenvalue weighted by Crippen LogP contribution is 2.24. The molecule has 3 rings (SSSR count). The van der Waals surface area contributed by atoms with Crippen LogP contribution in [-0.4, -0.2) is 44.0 Å². The van der Waals surface area contributed by atoms with Crippen molar-refractivity contribution in [3.63, 3.8) is 0 Å². The zero-order valence-corrected chi connectivity index (χ0v) is 17.4. The molecular formula is C21H21F3N4OS. The van der Waals surface area contributed by atoms with Crippen molar-refractivity contribution in [2.45, 2.75) is 24.8 Å². The van der Waals surface area contributed by atoms with Gasteiger partial charge < -0.3 is 9.47 Å². The molecule has 3 aromatic rings. The third-order valence-electron chi connectivity index (χ3n) is 4.38. The molecule has 0 N–H and O–H groups in total. The molecule has 0 saturated heterocycles. The van der Waals surface area contributed by atoms with Crippen LogP contribution in [0.3, 0.4) is 0 Å². The van der Waals surface area contributed by atoms with E-state index < -0.39 is 18.6 Å². The second-order valence-electron chi connectivity index (χ2n) is 6.87. The summed E-state index contributed by atoms with van der Waals surface area (Å²) in [7, 11) is 1.77. The number of carbonyl (C=O) groups is 1. The van der Waals surface area contributed by atoms with Crippen LogP contribution in [-0.2, 0) is 18.4 Å². The molecule has 0 aliphatic heterocycles. The van der Waals surface area contributed by atoms with E-state index in [0.29, 0.717) is 16.5 Å². The summed E-state index contributed by atoms with van der Waals surface area (Å²) in [6, 6.07) is 16.4. The van der Waals surface area contributed by atoms with Gasteiger partial charge in [0.15, 0.2) is 11.0 Å². The van der Waals surface area contributed by atoms with Gasteiger partial charge in [-0.05, 0) is 18.6 Å². The lowest BCUT2D eigenvalue weighted by molar-refractivity contribution is -0.160. The average Bonchev–Trinajstić information content (AvgIpc) is 3.06. The van der Waals surface area contributed by atoms with Crippen LogP contribution in [0.25, 0.3) is 11.4 Å². The fraction of sp³-hybridized carbons (Fsp3) is 0.286. The minimum Gasteiger partial charge on any atom is -0.329 e. The number of alkyl halides is 3. The first kappa shape index (κ1) is 21.9. The first-order valence-electron chi connectivity index (χ1n) is 9.20. The molecule has 0 bridgehead atoms. The van der Waals surface area contributed by atoms with Gasteiger partial charge in [-0.15, -0.1) is 10.2 Å². The molecule has 1 amide bonds. The predicted molar refractivity (Wildman–Crippen MR) is 110 cm³/mol. The number of amides is 1. The van der Waals surface area contributed by atoms with Crippen molar-refractivity contribution in [3.8, 4) is 11.4 Å². The van der Waals surface area contributed by atoms with Crippen molar-refractivity contribution in [1.82, 2.24) is 19.7 Å². The third-order valence-corrected chi connectivity index (χ3v) is 5.38. The number of benzene rings is 2. The summed E-state index contributed by atoms with van der Waals surface area (Å²) in [6.07, 6.45) is -4.47. The van der Waals surface area contributed by atoms with E-state index in [9.17, 15) is 18.0 Å². The molecule has 0 spiro atoms. The molecule has 2 aromatic carbocycles. The number of thioether (sulfide) groups is 1. The Morgan fingerprint density at radius 1 is 1.10 bits per heavy atom. The lowest BCUT2D eigenvalue weighted by Crippen LogP contribution is -2.39. The molecule has 1 aromatic heterocycles. The Labute approximate surface area is 176 Å². The minimum atomic E-state index is -4.47. The standard InChI is InChI=1S/C21H21F3N4OS/c1-15-7-6-10-17(11-15)19-25-26-20(27(19)2)30-13-18(29)28(14-21(22,23)24)12-16-8-4-3-5-9-16/h3-11H,12-14H2,1-2H3. The van der Waals surface area contributed by atoms with Crippen LogP contribution in [0.5, 0.6) is 0 Å². The van der Waals surface area contributed by atoms with E-state index in [2.05, 4.69) is 10.2 Å². The van der Waals surface area contributed by atoms with E-state index in [0.717, 1.165) is 27.8 Å². The van der Waals surface area contributed by atoms with Crippen LogP contribution < -0.4 is 0 Å². The molecule has 158 valence electrons. The topological polar surface area (TPSA) is 51.0 Å². The lowest BCUT2D eigenvalue weighted by atomic mass is 10.1. The van der Waals surface area contributed by atoms with E-state index in [4.69, 9.17) is 0 Å². The maximum atomic E-state index is 13.0. The summed E-state index contributed by atoms with van der Waals surface area (Å²) in [4.78, 5) is 13.4. The Morgan fingerprint density at radius 2 is 1.83 bits per heavy atom. The number of hydrogen-bond donors (Lipinski definition) is 0. The Morgan fingerprint density at radius 3 is 2.50 bits per heavy atom. The summed E-state index contributed by atoms with van der Waals surface area (Å²) in [5.74, 6) is -0.144. The number of aromatic nitrogens is 3. The van der Waals surface area contributed by atoms with E-state index >= 15 is 0 Å². The van der Waals surface area contributed by atoms with Gasteiger partial charge in [-0.3, -0.25) is 4.79 Å². The Bertz CT molecular complexity index is 1000. The first-order chi connectivity index (χ1) is 14.2. The summed E-state index contributed by atoms with van der Waals surface area (Å²) in [5.41, 5.74) is 2.59. The molecule has 0 atom stereocenters. The number of carbonyl (C=O) groups excluding carboxylic acids is 1. The Kier molecular flexibility index (Phi) is 6.81. The van der Waals surface area contributed by atoms with Crippen molar-refractivity contribution in [1.29, 1.82) is 0 Å². The SMILES string of the molecule is Cc1cccc(-c2nnc(SCC(=O)N(Cc3ccccc3)CC(F)(F)F)n2C)c1. The van der Waals surface area contributed by atoms with Gasteiger partial charge in [0.2, 0.25) is 5.91 Å². The van der Waals surface area contributed by atoms with Crippen molar-refractivity contribution >= 4 is 17.7 Å². The van der Waals surface area contributed by atoms with Crippen LogP contribution >= 0.6 is 11.8 Å². The van der Waals surface area contributed by atoms with Gasteiger partial charge in [-0.2, -0.15) is 13.2 Å². The van der Waals surface area contributed by atoms with Crippen molar-refractivity contribution in [2.24, 2.45) is 7.05 Å². The highest BCUT2D eigenvalue weighted by Gasteiger charge is 2.33. The maximum Gasteiger partial charge on any atom is 0.406 e. The van der Waals surface area contributed by atoms with Gasteiger partial charge in [0, 0.05) is 19.2 Å². The monoisotopic (exact) mass is 434 g/mol. The second kappa shape index (κ2) is 9.34. The Hall–Kier alpha value is -2.81. The number of halogens is 3. The molecule has 1 heterocycles. The minimum absolute atomic E-state index is 0.104. The average molecular weight is 434 g/mol. The number of nitrogens with zero attached hydrogens (tertiary/aromatic N) is 4. The molecular weight excluding hydrogens is 413 g/mol. The summed E-state index contributed by atoms with van der Waals surface area (Å²) in [5, 5.41) is 8.72. The Balaban J connectivity index is 1.70. The van der Waals surface area contributed by atoms with Crippen LogP contribution in [0.4, 0.5) is 13.2 Å². The predicted octanol–water partition coefficient (Wildman–Crippen LogP) is 4.47. The van der Waals surface area contributed by atoms with Crippen LogP contribution in [0.1, 0.15) is 11.1 Å². The highest BCUT2D eigenvalue weighted by molar-refractivity contribution is 7.99. The summed E-state index contributed by atoms with van der Waals surface area (Å²) in [6.45, 7) is 0.567. The molecule has 0 aliphatic carbocycles. The van der Waals surface area contributed by atoms with E-state index in [1.165, 1.54) is 0 Å². The number of rotatable bonds is 7. The van der Waals surface area contributed by atoms with Crippen molar-refractivity contribution in [3.05, 3.63) is 65.7 Å². The van der Waals surface area contributed by atoms with Crippen LogP contribution in [0, 0.1) is 6.92 Å².